The number of allylic oxidation sites excluding steroid dienone is 1. The molecule has 0 unspecified atom stereocenters. The number of carbonyl (C=O) groups is 2. The lowest BCUT2D eigenvalue weighted by molar-refractivity contribution is -0.120. The summed E-state index contributed by atoms with van der Waals surface area (Å²) in [6.07, 6.45) is 6.17. The molecule has 0 fully saturated rings. The maximum absolute atomic E-state index is 11.2. The molecule has 1 atom stereocenters. The number of hydrogen-bond acceptors (Lipinski definition) is 3. The molecule has 0 aromatic carbocycles. The lowest BCUT2D eigenvalue weighted by Crippen LogP contribution is -2.39. The Hall–Kier alpha value is -1.52. The highest BCUT2D eigenvalue weighted by Crippen LogP contribution is 2.04. The van der Waals surface area contributed by atoms with Crippen molar-refractivity contribution in [2.75, 3.05) is 6.54 Å². The second kappa shape index (κ2) is 9.50. The molecule has 0 aromatic rings. The van der Waals surface area contributed by atoms with Gasteiger partial charge in [-0.3, -0.25) is 9.59 Å². The van der Waals surface area contributed by atoms with Crippen molar-refractivity contribution in [3.8, 4) is 0 Å². The third kappa shape index (κ3) is 9.69. The van der Waals surface area contributed by atoms with Crippen molar-refractivity contribution in [1.82, 2.24) is 10.6 Å². The smallest absolute Gasteiger partial charge is 0.239 e. The second-order valence-corrected chi connectivity index (χ2v) is 4.78. The first kappa shape index (κ1) is 16.5. The molecule has 0 saturated carbocycles. The van der Waals surface area contributed by atoms with Gasteiger partial charge in [0.1, 0.15) is 6.04 Å². The Morgan fingerprint density at radius 1 is 1.33 bits per heavy atom. The van der Waals surface area contributed by atoms with Crippen LogP contribution >= 0.6 is 0 Å². The normalized spacial score (nSPS) is 12.7. The van der Waals surface area contributed by atoms with Gasteiger partial charge in [-0.2, -0.15) is 0 Å². The predicted molar refractivity (Wildman–Crippen MR) is 72.6 cm³/mol. The predicted octanol–water partition coefficient (Wildman–Crippen LogP) is 0.906. The fourth-order valence-corrected chi connectivity index (χ4v) is 1.49. The van der Waals surface area contributed by atoms with Gasteiger partial charge in [-0.1, -0.05) is 19.9 Å². The Balaban J connectivity index is 3.76. The molecule has 0 saturated heterocycles. The van der Waals surface area contributed by atoms with Crippen LogP contribution in [-0.2, 0) is 9.59 Å². The lowest BCUT2D eigenvalue weighted by Gasteiger charge is -2.15. The summed E-state index contributed by atoms with van der Waals surface area (Å²) >= 11 is 0. The van der Waals surface area contributed by atoms with Crippen LogP contribution in [0.2, 0.25) is 0 Å². The molecule has 5 nitrogen and oxygen atoms in total. The van der Waals surface area contributed by atoms with Crippen LogP contribution in [-0.4, -0.2) is 24.4 Å². The van der Waals surface area contributed by atoms with E-state index in [-0.39, 0.29) is 17.9 Å². The second-order valence-electron chi connectivity index (χ2n) is 4.78. The molecule has 0 spiro atoms. The molecule has 0 aliphatic heterocycles. The molecule has 5 heteroatoms. The van der Waals surface area contributed by atoms with E-state index in [1.54, 1.807) is 6.20 Å². The fraction of sp³-hybridized carbons (Fsp3) is 0.692. The topological polar surface area (TPSA) is 84.2 Å². The zero-order valence-electron chi connectivity index (χ0n) is 11.5. The molecule has 0 radical (unpaired) electrons. The zero-order valence-corrected chi connectivity index (χ0v) is 11.5. The number of hydrogen-bond donors (Lipinski definition) is 3. The van der Waals surface area contributed by atoms with Gasteiger partial charge in [0.05, 0.1) is 0 Å². The minimum atomic E-state index is -0.327. The van der Waals surface area contributed by atoms with Gasteiger partial charge in [0, 0.05) is 13.5 Å². The van der Waals surface area contributed by atoms with E-state index in [2.05, 4.69) is 24.5 Å². The van der Waals surface area contributed by atoms with Crippen molar-refractivity contribution in [2.24, 2.45) is 11.7 Å². The SMILES string of the molecule is CC(=O)NCCC/C=C/N[C@H](CC(C)C)C(N)=O. The van der Waals surface area contributed by atoms with Crippen molar-refractivity contribution < 1.29 is 9.59 Å². The molecule has 0 heterocycles. The zero-order chi connectivity index (χ0) is 14.0. The van der Waals surface area contributed by atoms with E-state index in [0.29, 0.717) is 12.5 Å². The first-order valence-electron chi connectivity index (χ1n) is 6.38. The van der Waals surface area contributed by atoms with E-state index in [9.17, 15) is 9.59 Å². The molecule has 0 aliphatic carbocycles. The minimum absolute atomic E-state index is 0.0113. The van der Waals surface area contributed by atoms with Gasteiger partial charge in [0.2, 0.25) is 11.8 Å². The third-order valence-corrected chi connectivity index (χ3v) is 2.39. The van der Waals surface area contributed by atoms with E-state index < -0.39 is 0 Å². The van der Waals surface area contributed by atoms with Gasteiger partial charge in [-0.25, -0.2) is 0 Å². The van der Waals surface area contributed by atoms with Gasteiger partial charge < -0.3 is 16.4 Å². The Morgan fingerprint density at radius 3 is 2.50 bits per heavy atom. The van der Waals surface area contributed by atoms with Crippen LogP contribution in [0.15, 0.2) is 12.3 Å². The van der Waals surface area contributed by atoms with Crippen molar-refractivity contribution in [3.63, 3.8) is 0 Å². The van der Waals surface area contributed by atoms with Crippen LogP contribution in [0.3, 0.4) is 0 Å². The van der Waals surface area contributed by atoms with Crippen molar-refractivity contribution in [2.45, 2.75) is 46.1 Å². The van der Waals surface area contributed by atoms with Crippen molar-refractivity contribution in [1.29, 1.82) is 0 Å². The number of carbonyl (C=O) groups excluding carboxylic acids is 2. The molecule has 0 aliphatic rings. The molecular weight excluding hydrogens is 230 g/mol. The molecule has 18 heavy (non-hydrogen) atoms. The highest BCUT2D eigenvalue weighted by Gasteiger charge is 2.14. The minimum Gasteiger partial charge on any atom is -0.380 e. The number of nitrogens with two attached hydrogens (primary N) is 1. The van der Waals surface area contributed by atoms with E-state index in [4.69, 9.17) is 5.73 Å². The average molecular weight is 255 g/mol. The highest BCUT2D eigenvalue weighted by atomic mass is 16.1. The molecule has 0 bridgehead atoms. The van der Waals surface area contributed by atoms with E-state index >= 15 is 0 Å². The third-order valence-electron chi connectivity index (χ3n) is 2.39. The van der Waals surface area contributed by atoms with E-state index in [1.165, 1.54) is 6.92 Å². The number of unbranched alkanes of at least 4 members (excludes halogenated alkanes) is 1. The lowest BCUT2D eigenvalue weighted by atomic mass is 10.0. The highest BCUT2D eigenvalue weighted by molar-refractivity contribution is 5.79. The summed E-state index contributed by atoms with van der Waals surface area (Å²) in [6, 6.07) is -0.309. The van der Waals surface area contributed by atoms with E-state index in [1.807, 2.05) is 6.08 Å². The van der Waals surface area contributed by atoms with Crippen LogP contribution in [0.5, 0.6) is 0 Å². The van der Waals surface area contributed by atoms with Crippen LogP contribution in [0.4, 0.5) is 0 Å². The maximum Gasteiger partial charge on any atom is 0.239 e. The Labute approximate surface area is 109 Å². The summed E-state index contributed by atoms with van der Waals surface area (Å²) in [4.78, 5) is 21.8. The van der Waals surface area contributed by atoms with Crippen molar-refractivity contribution in [3.05, 3.63) is 12.3 Å². The fourth-order valence-electron chi connectivity index (χ4n) is 1.49. The van der Waals surface area contributed by atoms with E-state index in [0.717, 1.165) is 19.3 Å². The number of primary amides is 1. The van der Waals surface area contributed by atoms with Crippen LogP contribution < -0.4 is 16.4 Å². The summed E-state index contributed by atoms with van der Waals surface area (Å²) in [5, 5.41) is 5.73. The largest absolute Gasteiger partial charge is 0.380 e. The molecule has 2 amide bonds. The van der Waals surface area contributed by atoms with Gasteiger partial charge in [-0.05, 0) is 31.4 Å². The summed E-state index contributed by atoms with van der Waals surface area (Å²) in [5.41, 5.74) is 5.30. The van der Waals surface area contributed by atoms with Gasteiger partial charge >= 0.3 is 0 Å². The number of rotatable bonds is 9. The summed E-state index contributed by atoms with van der Waals surface area (Å²) in [7, 11) is 0. The summed E-state index contributed by atoms with van der Waals surface area (Å²) in [6.45, 7) is 6.27. The molecule has 104 valence electrons. The average Bonchev–Trinajstić information content (AvgIpc) is 2.25. The van der Waals surface area contributed by atoms with Crippen molar-refractivity contribution >= 4 is 11.8 Å². The van der Waals surface area contributed by atoms with Gasteiger partial charge in [-0.15, -0.1) is 0 Å². The van der Waals surface area contributed by atoms with Crippen LogP contribution in [0, 0.1) is 5.92 Å². The Morgan fingerprint density at radius 2 is 2.00 bits per heavy atom. The number of amides is 2. The first-order valence-corrected chi connectivity index (χ1v) is 6.38. The monoisotopic (exact) mass is 255 g/mol. The number of nitrogens with one attached hydrogen (secondary N) is 2. The first-order chi connectivity index (χ1) is 8.43. The quantitative estimate of drug-likeness (QED) is 0.535. The van der Waals surface area contributed by atoms with Crippen LogP contribution in [0.25, 0.3) is 0 Å². The molecule has 0 rings (SSSR count). The summed E-state index contributed by atoms with van der Waals surface area (Å²) < 4.78 is 0. The van der Waals surface area contributed by atoms with Crippen LogP contribution in [0.1, 0.15) is 40.0 Å². The Kier molecular flexibility index (Phi) is 8.70. The molecule has 4 N–H and O–H groups in total. The summed E-state index contributed by atoms with van der Waals surface area (Å²) in [5.74, 6) is 0.0811. The standard InChI is InChI=1S/C13H25N3O2/c1-10(2)9-12(13(14)18)16-8-6-4-5-7-15-11(3)17/h6,8,10,12,16H,4-5,7,9H2,1-3H3,(H2,14,18)(H,15,17)/b8-6+/t12-/m1/s1. The maximum atomic E-state index is 11.2. The van der Waals surface area contributed by atoms with Gasteiger partial charge in [0.15, 0.2) is 0 Å². The Bertz CT molecular complexity index is 288. The molecule has 0 aromatic heterocycles. The molecular formula is C13H25N3O2. The van der Waals surface area contributed by atoms with Gasteiger partial charge in [0.25, 0.3) is 0 Å².